The average Bonchev–Trinajstić information content (AvgIpc) is 2.68. The summed E-state index contributed by atoms with van der Waals surface area (Å²) < 4.78 is 15.0. The van der Waals surface area contributed by atoms with Crippen LogP contribution in [0.3, 0.4) is 0 Å². The predicted octanol–water partition coefficient (Wildman–Crippen LogP) is 2.57. The number of rotatable bonds is 4. The second-order valence-electron chi connectivity index (χ2n) is 6.62. The third-order valence-corrected chi connectivity index (χ3v) is 5.94. The van der Waals surface area contributed by atoms with E-state index < -0.39 is 11.2 Å². The van der Waals surface area contributed by atoms with E-state index in [2.05, 4.69) is 10.3 Å². The summed E-state index contributed by atoms with van der Waals surface area (Å²) in [6, 6.07) is 11.1. The van der Waals surface area contributed by atoms with Gasteiger partial charge in [-0.15, -0.1) is 11.8 Å². The number of nitrogens with one attached hydrogen (secondary N) is 2. The van der Waals surface area contributed by atoms with E-state index in [-0.39, 0.29) is 30.7 Å². The Labute approximate surface area is 163 Å². The van der Waals surface area contributed by atoms with Crippen molar-refractivity contribution >= 4 is 28.6 Å². The Bertz CT molecular complexity index is 1170. The van der Waals surface area contributed by atoms with Crippen LogP contribution < -0.4 is 16.6 Å². The van der Waals surface area contributed by atoms with Gasteiger partial charge in [-0.25, -0.2) is 9.18 Å². The zero-order valence-corrected chi connectivity index (χ0v) is 15.7. The lowest BCUT2D eigenvalue weighted by molar-refractivity contribution is -0.122. The van der Waals surface area contributed by atoms with Crippen molar-refractivity contribution in [3.63, 3.8) is 0 Å². The van der Waals surface area contributed by atoms with E-state index >= 15 is 0 Å². The zero-order chi connectivity index (χ0) is 19.7. The Morgan fingerprint density at radius 3 is 2.93 bits per heavy atom. The molecule has 2 heterocycles. The highest BCUT2D eigenvalue weighted by Crippen LogP contribution is 2.36. The molecule has 0 saturated carbocycles. The topological polar surface area (TPSA) is 84.0 Å². The predicted molar refractivity (Wildman–Crippen MR) is 106 cm³/mol. The molecular weight excluding hydrogens is 381 g/mol. The van der Waals surface area contributed by atoms with Crippen LogP contribution in [0.2, 0.25) is 0 Å². The third-order valence-electron chi connectivity index (χ3n) is 4.81. The summed E-state index contributed by atoms with van der Waals surface area (Å²) in [4.78, 5) is 39.9. The molecule has 0 radical (unpaired) electrons. The van der Waals surface area contributed by atoms with Gasteiger partial charge in [-0.1, -0.05) is 12.1 Å². The fraction of sp³-hybridized carbons (Fsp3) is 0.250. The summed E-state index contributed by atoms with van der Waals surface area (Å²) in [6.45, 7) is 0.138. The van der Waals surface area contributed by atoms with Crippen LogP contribution in [0.15, 0.2) is 56.9 Å². The molecule has 1 aromatic heterocycles. The molecule has 28 heavy (non-hydrogen) atoms. The van der Waals surface area contributed by atoms with E-state index in [0.29, 0.717) is 17.3 Å². The zero-order valence-electron chi connectivity index (χ0n) is 14.9. The summed E-state index contributed by atoms with van der Waals surface area (Å²) in [5, 5.41) is 3.34. The van der Waals surface area contributed by atoms with Gasteiger partial charge in [0.05, 0.1) is 16.9 Å². The molecule has 1 aliphatic heterocycles. The quantitative estimate of drug-likeness (QED) is 0.706. The SMILES string of the molecule is O=C(CCn1c(=O)[nH]c(=O)c2ccccc21)N[C@H]1CCSc2ccc(F)cc21. The first-order valence-corrected chi connectivity index (χ1v) is 9.95. The number of fused-ring (bicyclic) bond motifs is 2. The van der Waals surface area contributed by atoms with Crippen molar-refractivity contribution < 1.29 is 9.18 Å². The Morgan fingerprint density at radius 2 is 2.07 bits per heavy atom. The van der Waals surface area contributed by atoms with Gasteiger partial charge in [0, 0.05) is 23.6 Å². The number of aromatic amines is 1. The van der Waals surface area contributed by atoms with Gasteiger partial charge < -0.3 is 5.32 Å². The second kappa shape index (κ2) is 7.63. The van der Waals surface area contributed by atoms with Gasteiger partial charge >= 0.3 is 5.69 Å². The number of carbonyl (C=O) groups excluding carboxylic acids is 1. The Hall–Kier alpha value is -2.87. The Kier molecular flexibility index (Phi) is 5.04. The van der Waals surface area contributed by atoms with Crippen LogP contribution in [0.25, 0.3) is 10.9 Å². The fourth-order valence-corrected chi connectivity index (χ4v) is 4.57. The highest BCUT2D eigenvalue weighted by atomic mass is 32.2. The highest BCUT2D eigenvalue weighted by Gasteiger charge is 2.23. The molecule has 0 unspecified atom stereocenters. The molecule has 2 aromatic carbocycles. The van der Waals surface area contributed by atoms with Gasteiger partial charge in [0.15, 0.2) is 0 Å². The first-order valence-electron chi connectivity index (χ1n) is 8.96. The number of amides is 1. The minimum absolute atomic E-state index is 0.0736. The number of hydrogen-bond acceptors (Lipinski definition) is 4. The maximum absolute atomic E-state index is 13.6. The molecule has 4 rings (SSSR count). The largest absolute Gasteiger partial charge is 0.349 e. The van der Waals surface area contributed by atoms with Gasteiger partial charge in [0.2, 0.25) is 5.91 Å². The van der Waals surface area contributed by atoms with Crippen LogP contribution in [0.5, 0.6) is 0 Å². The molecule has 144 valence electrons. The summed E-state index contributed by atoms with van der Waals surface area (Å²) in [6.07, 6.45) is 0.790. The molecular formula is C20H18FN3O3S. The molecule has 3 aromatic rings. The molecule has 1 atom stereocenters. The van der Waals surface area contributed by atoms with Crippen molar-refractivity contribution in [3.8, 4) is 0 Å². The maximum atomic E-state index is 13.6. The summed E-state index contributed by atoms with van der Waals surface area (Å²) in [5.41, 5.74) is 0.291. The monoisotopic (exact) mass is 399 g/mol. The van der Waals surface area contributed by atoms with E-state index in [1.54, 1.807) is 42.1 Å². The molecule has 0 saturated heterocycles. The van der Waals surface area contributed by atoms with Crippen molar-refractivity contribution in [2.24, 2.45) is 0 Å². The molecule has 1 aliphatic rings. The van der Waals surface area contributed by atoms with E-state index in [1.807, 2.05) is 0 Å². The maximum Gasteiger partial charge on any atom is 0.328 e. The minimum Gasteiger partial charge on any atom is -0.349 e. The van der Waals surface area contributed by atoms with Crippen molar-refractivity contribution in [2.45, 2.75) is 30.3 Å². The first kappa shape index (κ1) is 18.5. The third kappa shape index (κ3) is 3.60. The fourth-order valence-electron chi connectivity index (χ4n) is 3.46. The van der Waals surface area contributed by atoms with E-state index in [0.717, 1.165) is 16.2 Å². The van der Waals surface area contributed by atoms with Crippen LogP contribution in [-0.2, 0) is 11.3 Å². The molecule has 0 spiro atoms. The number of aryl methyl sites for hydroxylation is 1. The number of thioether (sulfide) groups is 1. The van der Waals surface area contributed by atoms with E-state index in [4.69, 9.17) is 0 Å². The Morgan fingerprint density at radius 1 is 1.25 bits per heavy atom. The van der Waals surface area contributed by atoms with Gasteiger partial charge in [0.25, 0.3) is 5.56 Å². The van der Waals surface area contributed by atoms with Crippen LogP contribution in [-0.4, -0.2) is 21.2 Å². The molecule has 6 nitrogen and oxygen atoms in total. The Balaban J connectivity index is 1.51. The molecule has 0 aliphatic carbocycles. The smallest absolute Gasteiger partial charge is 0.328 e. The van der Waals surface area contributed by atoms with Gasteiger partial charge in [-0.2, -0.15) is 0 Å². The number of aromatic nitrogens is 2. The molecule has 2 N–H and O–H groups in total. The molecule has 8 heteroatoms. The van der Waals surface area contributed by atoms with Gasteiger partial charge in [0.1, 0.15) is 5.82 Å². The van der Waals surface area contributed by atoms with Crippen LogP contribution in [0.1, 0.15) is 24.4 Å². The minimum atomic E-state index is -0.544. The highest BCUT2D eigenvalue weighted by molar-refractivity contribution is 7.99. The van der Waals surface area contributed by atoms with Crippen LogP contribution in [0.4, 0.5) is 4.39 Å². The molecule has 1 amide bonds. The van der Waals surface area contributed by atoms with Crippen molar-refractivity contribution in [2.75, 3.05) is 5.75 Å². The lowest BCUT2D eigenvalue weighted by Gasteiger charge is -2.26. The summed E-state index contributed by atoms with van der Waals surface area (Å²) in [5.74, 6) is 0.286. The summed E-state index contributed by atoms with van der Waals surface area (Å²) >= 11 is 1.65. The summed E-state index contributed by atoms with van der Waals surface area (Å²) in [7, 11) is 0. The van der Waals surface area contributed by atoms with Crippen molar-refractivity contribution in [1.82, 2.24) is 14.9 Å². The number of benzene rings is 2. The lowest BCUT2D eigenvalue weighted by Crippen LogP contribution is -2.34. The van der Waals surface area contributed by atoms with E-state index in [9.17, 15) is 18.8 Å². The van der Waals surface area contributed by atoms with E-state index in [1.165, 1.54) is 16.7 Å². The van der Waals surface area contributed by atoms with Crippen LogP contribution in [0, 0.1) is 5.82 Å². The molecule has 0 bridgehead atoms. The van der Waals surface area contributed by atoms with Crippen molar-refractivity contribution in [1.29, 1.82) is 0 Å². The number of halogens is 1. The van der Waals surface area contributed by atoms with Crippen LogP contribution >= 0.6 is 11.8 Å². The second-order valence-corrected chi connectivity index (χ2v) is 7.75. The normalized spacial score (nSPS) is 16.0. The standard InChI is InChI=1S/C20H18FN3O3S/c21-12-5-6-17-14(11-12)15(8-10-28-17)22-18(25)7-9-24-16-4-2-1-3-13(16)19(26)23-20(24)27/h1-6,11,15H,7-10H2,(H,22,25)(H,23,26,27)/t15-/m0/s1. The van der Waals surface area contributed by atoms with Gasteiger partial charge in [-0.05, 0) is 42.3 Å². The van der Waals surface area contributed by atoms with Crippen molar-refractivity contribution in [3.05, 3.63) is 74.7 Å². The molecule has 0 fully saturated rings. The van der Waals surface area contributed by atoms with Gasteiger partial charge in [-0.3, -0.25) is 19.1 Å². The first-order chi connectivity index (χ1) is 13.5. The number of nitrogens with zero attached hydrogens (tertiary/aromatic N) is 1. The number of H-pyrrole nitrogens is 1. The lowest BCUT2D eigenvalue weighted by atomic mass is 10.0. The number of para-hydroxylation sites is 1. The average molecular weight is 399 g/mol. The number of carbonyl (C=O) groups is 1. The number of hydrogen-bond donors (Lipinski definition) is 2.